The van der Waals surface area contributed by atoms with Crippen LogP contribution in [0, 0.1) is 6.92 Å². The first-order valence-corrected chi connectivity index (χ1v) is 8.84. The summed E-state index contributed by atoms with van der Waals surface area (Å²) < 4.78 is 0. The molecule has 0 spiro atoms. The summed E-state index contributed by atoms with van der Waals surface area (Å²) in [6.45, 7) is 3.48. The van der Waals surface area contributed by atoms with Gasteiger partial charge >= 0.3 is 0 Å². The SMILES string of the molecule is Cc1cncc(C2CCN(C(=O)CC3(O)CCCCC3)CC2)n1. The summed E-state index contributed by atoms with van der Waals surface area (Å²) in [5, 5.41) is 10.6. The predicted octanol–water partition coefficient (Wildman–Crippen LogP) is 2.58. The number of carbonyl (C=O) groups excluding carboxylic acids is 1. The minimum Gasteiger partial charge on any atom is -0.389 e. The zero-order valence-electron chi connectivity index (χ0n) is 14.0. The van der Waals surface area contributed by atoms with Crippen molar-refractivity contribution in [1.82, 2.24) is 14.9 Å². The van der Waals surface area contributed by atoms with E-state index in [0.29, 0.717) is 12.3 Å². The molecule has 1 saturated heterocycles. The van der Waals surface area contributed by atoms with Gasteiger partial charge < -0.3 is 10.0 Å². The molecule has 5 heteroatoms. The van der Waals surface area contributed by atoms with Gasteiger partial charge in [-0.1, -0.05) is 19.3 Å². The Labute approximate surface area is 138 Å². The Hall–Kier alpha value is -1.49. The van der Waals surface area contributed by atoms with Crippen molar-refractivity contribution in [2.45, 2.75) is 69.8 Å². The molecule has 0 unspecified atom stereocenters. The fourth-order valence-electron chi connectivity index (χ4n) is 3.88. The highest BCUT2D eigenvalue weighted by Gasteiger charge is 2.34. The molecule has 0 bridgehead atoms. The summed E-state index contributed by atoms with van der Waals surface area (Å²) in [6, 6.07) is 0. The molecule has 1 aromatic heterocycles. The van der Waals surface area contributed by atoms with E-state index in [-0.39, 0.29) is 5.91 Å². The van der Waals surface area contributed by atoms with Crippen molar-refractivity contribution < 1.29 is 9.90 Å². The molecule has 5 nitrogen and oxygen atoms in total. The fraction of sp³-hybridized carbons (Fsp3) is 0.722. The number of rotatable bonds is 3. The van der Waals surface area contributed by atoms with E-state index in [2.05, 4.69) is 9.97 Å². The van der Waals surface area contributed by atoms with Gasteiger partial charge in [0.25, 0.3) is 0 Å². The van der Waals surface area contributed by atoms with Crippen molar-refractivity contribution >= 4 is 5.91 Å². The van der Waals surface area contributed by atoms with Crippen molar-refractivity contribution in [2.75, 3.05) is 13.1 Å². The molecule has 2 fully saturated rings. The van der Waals surface area contributed by atoms with Crippen LogP contribution in [-0.4, -0.2) is 44.6 Å². The van der Waals surface area contributed by atoms with E-state index in [4.69, 9.17) is 0 Å². The number of aryl methyl sites for hydroxylation is 1. The third-order valence-corrected chi connectivity index (χ3v) is 5.30. The van der Waals surface area contributed by atoms with Crippen LogP contribution in [0.3, 0.4) is 0 Å². The van der Waals surface area contributed by atoms with Crippen molar-refractivity contribution in [3.8, 4) is 0 Å². The number of aromatic nitrogens is 2. The number of hydrogen-bond donors (Lipinski definition) is 1. The van der Waals surface area contributed by atoms with Crippen LogP contribution in [-0.2, 0) is 4.79 Å². The van der Waals surface area contributed by atoms with Gasteiger partial charge in [0, 0.05) is 31.4 Å². The van der Waals surface area contributed by atoms with Gasteiger partial charge in [0.1, 0.15) is 0 Å². The first kappa shape index (κ1) is 16.4. The van der Waals surface area contributed by atoms with Gasteiger partial charge in [-0.2, -0.15) is 0 Å². The number of nitrogens with zero attached hydrogens (tertiary/aromatic N) is 3. The smallest absolute Gasteiger partial charge is 0.225 e. The molecule has 0 radical (unpaired) electrons. The van der Waals surface area contributed by atoms with E-state index in [1.165, 1.54) is 6.42 Å². The third-order valence-electron chi connectivity index (χ3n) is 5.30. The lowest BCUT2D eigenvalue weighted by Crippen LogP contribution is -2.43. The molecule has 0 atom stereocenters. The van der Waals surface area contributed by atoms with Gasteiger partial charge in [0.2, 0.25) is 5.91 Å². The second-order valence-electron chi connectivity index (χ2n) is 7.20. The topological polar surface area (TPSA) is 66.3 Å². The lowest BCUT2D eigenvalue weighted by atomic mass is 9.82. The number of hydrogen-bond acceptors (Lipinski definition) is 4. The van der Waals surface area contributed by atoms with E-state index in [9.17, 15) is 9.90 Å². The van der Waals surface area contributed by atoms with Gasteiger partial charge in [-0.15, -0.1) is 0 Å². The number of piperidine rings is 1. The normalized spacial score (nSPS) is 22.1. The fourth-order valence-corrected chi connectivity index (χ4v) is 3.88. The number of likely N-dealkylation sites (tertiary alicyclic amines) is 1. The molecule has 2 aliphatic rings. The highest BCUT2D eigenvalue weighted by atomic mass is 16.3. The van der Waals surface area contributed by atoms with Gasteiger partial charge in [-0.3, -0.25) is 14.8 Å². The average Bonchev–Trinajstić information content (AvgIpc) is 2.55. The quantitative estimate of drug-likeness (QED) is 0.930. The van der Waals surface area contributed by atoms with E-state index >= 15 is 0 Å². The lowest BCUT2D eigenvalue weighted by molar-refractivity contribution is -0.138. The highest BCUT2D eigenvalue weighted by molar-refractivity contribution is 5.77. The van der Waals surface area contributed by atoms with Gasteiger partial charge in [-0.05, 0) is 32.6 Å². The molecule has 3 rings (SSSR count). The molecule has 1 aliphatic carbocycles. The first-order valence-electron chi connectivity index (χ1n) is 8.84. The van der Waals surface area contributed by atoms with Crippen molar-refractivity contribution in [3.05, 3.63) is 23.8 Å². The Morgan fingerprint density at radius 2 is 1.96 bits per heavy atom. The van der Waals surface area contributed by atoms with Crippen LogP contribution in [0.2, 0.25) is 0 Å². The van der Waals surface area contributed by atoms with E-state index in [0.717, 1.165) is 63.0 Å². The monoisotopic (exact) mass is 317 g/mol. The highest BCUT2D eigenvalue weighted by Crippen LogP contribution is 2.32. The van der Waals surface area contributed by atoms with E-state index in [1.807, 2.05) is 18.0 Å². The Morgan fingerprint density at radius 1 is 1.26 bits per heavy atom. The summed E-state index contributed by atoms with van der Waals surface area (Å²) >= 11 is 0. The second-order valence-corrected chi connectivity index (χ2v) is 7.20. The summed E-state index contributed by atoms with van der Waals surface area (Å²) in [5.74, 6) is 0.507. The van der Waals surface area contributed by atoms with E-state index < -0.39 is 5.60 Å². The molecule has 1 amide bonds. The molecular weight excluding hydrogens is 290 g/mol. The Balaban J connectivity index is 1.53. The molecule has 1 aromatic rings. The van der Waals surface area contributed by atoms with Gasteiger partial charge in [-0.25, -0.2) is 0 Å². The summed E-state index contributed by atoms with van der Waals surface area (Å²) in [6.07, 6.45) is 10.6. The molecule has 23 heavy (non-hydrogen) atoms. The summed E-state index contributed by atoms with van der Waals surface area (Å²) in [5.41, 5.74) is 1.23. The van der Waals surface area contributed by atoms with Crippen LogP contribution in [0.15, 0.2) is 12.4 Å². The van der Waals surface area contributed by atoms with Crippen molar-refractivity contribution in [2.24, 2.45) is 0 Å². The van der Waals surface area contributed by atoms with E-state index in [1.54, 1.807) is 6.20 Å². The Morgan fingerprint density at radius 3 is 2.61 bits per heavy atom. The van der Waals surface area contributed by atoms with Crippen LogP contribution in [0.5, 0.6) is 0 Å². The maximum absolute atomic E-state index is 12.5. The minimum absolute atomic E-state index is 0.114. The summed E-state index contributed by atoms with van der Waals surface area (Å²) in [4.78, 5) is 23.2. The van der Waals surface area contributed by atoms with Crippen LogP contribution in [0.4, 0.5) is 0 Å². The zero-order chi connectivity index (χ0) is 16.3. The van der Waals surface area contributed by atoms with Gasteiger partial charge in [0.15, 0.2) is 0 Å². The largest absolute Gasteiger partial charge is 0.389 e. The minimum atomic E-state index is -0.756. The lowest BCUT2D eigenvalue weighted by Gasteiger charge is -2.36. The zero-order valence-corrected chi connectivity index (χ0v) is 14.0. The number of aliphatic hydroxyl groups is 1. The van der Waals surface area contributed by atoms with Crippen LogP contribution < -0.4 is 0 Å². The molecule has 2 heterocycles. The van der Waals surface area contributed by atoms with Crippen LogP contribution >= 0.6 is 0 Å². The molecule has 126 valence electrons. The Kier molecular flexibility index (Phi) is 4.95. The maximum Gasteiger partial charge on any atom is 0.225 e. The molecule has 1 N–H and O–H groups in total. The summed E-state index contributed by atoms with van der Waals surface area (Å²) in [7, 11) is 0. The average molecular weight is 317 g/mol. The Bertz CT molecular complexity index is 547. The first-order chi connectivity index (χ1) is 11.1. The number of amides is 1. The number of carbonyl (C=O) groups is 1. The van der Waals surface area contributed by atoms with Crippen LogP contribution in [0.25, 0.3) is 0 Å². The second kappa shape index (κ2) is 6.95. The molecule has 1 aliphatic heterocycles. The molecule has 1 saturated carbocycles. The van der Waals surface area contributed by atoms with Gasteiger partial charge in [0.05, 0.1) is 23.4 Å². The van der Waals surface area contributed by atoms with Crippen molar-refractivity contribution in [3.63, 3.8) is 0 Å². The third kappa shape index (κ3) is 4.08. The molecule has 0 aromatic carbocycles. The predicted molar refractivity (Wildman–Crippen MR) is 88.0 cm³/mol. The maximum atomic E-state index is 12.5. The van der Waals surface area contributed by atoms with Crippen LogP contribution in [0.1, 0.15) is 68.7 Å². The standard InChI is InChI=1S/C18H27N3O2/c1-14-12-19-13-16(20-14)15-5-9-21(10-6-15)17(22)11-18(23)7-3-2-4-8-18/h12-13,15,23H,2-11H2,1H3. The molecular formula is C18H27N3O2. The van der Waals surface area contributed by atoms with Crippen molar-refractivity contribution in [1.29, 1.82) is 0 Å².